The average Bonchev–Trinajstić information content (AvgIpc) is 3.46. The Kier molecular flexibility index (Phi) is 3.94. The summed E-state index contributed by atoms with van der Waals surface area (Å²) in [6, 6.07) is 22.7. The summed E-state index contributed by atoms with van der Waals surface area (Å²) in [5.41, 5.74) is 3.17. The molecule has 0 bridgehead atoms. The summed E-state index contributed by atoms with van der Waals surface area (Å²) in [5.74, 6) is 2.41. The molecule has 0 radical (unpaired) electrons. The summed E-state index contributed by atoms with van der Waals surface area (Å²) in [4.78, 5) is 9.55. The maximum atomic E-state index is 4.81. The van der Waals surface area contributed by atoms with Gasteiger partial charge in [-0.25, -0.2) is 9.67 Å². The van der Waals surface area contributed by atoms with Crippen LogP contribution in [0, 0.1) is 0 Å². The zero-order valence-electron chi connectivity index (χ0n) is 14.2. The van der Waals surface area contributed by atoms with Gasteiger partial charge in [0.1, 0.15) is 5.82 Å². The molecule has 0 atom stereocenters. The molecule has 0 spiro atoms. The van der Waals surface area contributed by atoms with Crippen molar-refractivity contribution in [3.63, 3.8) is 0 Å². The maximum Gasteiger partial charge on any atom is 0.209 e. The van der Waals surface area contributed by atoms with Crippen molar-refractivity contribution in [2.24, 2.45) is 0 Å². The van der Waals surface area contributed by atoms with Crippen molar-refractivity contribution in [2.75, 3.05) is 0 Å². The van der Waals surface area contributed by atoms with Crippen molar-refractivity contribution < 1.29 is 0 Å². The normalized spacial score (nSPS) is 14.0. The Morgan fingerprint density at radius 1 is 0.885 bits per heavy atom. The van der Waals surface area contributed by atoms with E-state index < -0.39 is 0 Å². The first-order valence-corrected chi connectivity index (χ1v) is 9.85. The summed E-state index contributed by atoms with van der Waals surface area (Å²) in [6.45, 7) is 0. The second kappa shape index (κ2) is 6.57. The topological polar surface area (TPSA) is 43.6 Å². The number of para-hydroxylation sites is 2. The van der Waals surface area contributed by atoms with Crippen LogP contribution in [0.1, 0.15) is 30.3 Å². The molecule has 2 aromatic heterocycles. The predicted molar refractivity (Wildman–Crippen MR) is 105 cm³/mol. The zero-order chi connectivity index (χ0) is 17.3. The Balaban J connectivity index is 1.40. The minimum atomic E-state index is 0.552. The molecule has 0 saturated heterocycles. The molecular formula is C21H18N4S. The van der Waals surface area contributed by atoms with Gasteiger partial charge in [-0.2, -0.15) is 0 Å². The number of pyridine rings is 1. The Morgan fingerprint density at radius 3 is 2.54 bits per heavy atom. The van der Waals surface area contributed by atoms with E-state index >= 15 is 0 Å². The molecule has 4 aromatic rings. The van der Waals surface area contributed by atoms with Gasteiger partial charge in [-0.05, 0) is 37.1 Å². The molecule has 5 rings (SSSR count). The molecule has 5 heteroatoms. The quantitative estimate of drug-likeness (QED) is 0.472. The molecule has 0 amide bonds. The van der Waals surface area contributed by atoms with Gasteiger partial charge in [0.25, 0.3) is 0 Å². The summed E-state index contributed by atoms with van der Waals surface area (Å²) >= 11 is 1.65. The fraction of sp³-hybridized carbons (Fsp3) is 0.190. The van der Waals surface area contributed by atoms with E-state index in [0.717, 1.165) is 33.6 Å². The number of hydrogen-bond acceptors (Lipinski definition) is 4. The largest absolute Gasteiger partial charge is 0.252 e. The maximum absolute atomic E-state index is 4.81. The highest BCUT2D eigenvalue weighted by Crippen LogP contribution is 2.40. The summed E-state index contributed by atoms with van der Waals surface area (Å²) in [6.07, 6.45) is 2.42. The van der Waals surface area contributed by atoms with Gasteiger partial charge in [0.05, 0.1) is 16.9 Å². The molecule has 0 unspecified atom stereocenters. The second-order valence-electron chi connectivity index (χ2n) is 6.56. The zero-order valence-corrected chi connectivity index (χ0v) is 15.1. The number of rotatable bonds is 5. The van der Waals surface area contributed by atoms with E-state index in [0.29, 0.717) is 5.92 Å². The highest BCUT2D eigenvalue weighted by molar-refractivity contribution is 7.98. The van der Waals surface area contributed by atoms with E-state index in [2.05, 4.69) is 36.4 Å². The monoisotopic (exact) mass is 358 g/mol. The van der Waals surface area contributed by atoms with Crippen molar-refractivity contribution in [3.05, 3.63) is 78.2 Å². The van der Waals surface area contributed by atoms with E-state index in [1.165, 1.54) is 18.2 Å². The van der Waals surface area contributed by atoms with Crippen molar-refractivity contribution in [1.29, 1.82) is 0 Å². The number of benzene rings is 2. The van der Waals surface area contributed by atoms with E-state index in [9.17, 15) is 0 Å². The number of nitrogens with zero attached hydrogens (tertiary/aromatic N) is 4. The lowest BCUT2D eigenvalue weighted by Gasteiger charge is -2.03. The van der Waals surface area contributed by atoms with E-state index in [1.54, 1.807) is 11.8 Å². The van der Waals surface area contributed by atoms with Gasteiger partial charge in [0.15, 0.2) is 0 Å². The number of fused-ring (bicyclic) bond motifs is 1. The molecule has 4 nitrogen and oxygen atoms in total. The SMILES string of the molecule is c1ccc(-n2nc(SCc3ccc4ccccc4n3)nc2C2CC2)cc1. The van der Waals surface area contributed by atoms with Gasteiger partial charge in [0, 0.05) is 17.1 Å². The standard InChI is InChI=1S/C21H18N4S/c1-2-7-18(8-3-1)25-20(16-10-11-16)23-21(24-25)26-14-17-13-12-15-6-4-5-9-19(15)22-17/h1-9,12-13,16H,10-11,14H2. The fourth-order valence-corrected chi connectivity index (χ4v) is 3.79. The van der Waals surface area contributed by atoms with Crippen LogP contribution in [0.4, 0.5) is 0 Å². The first-order valence-electron chi connectivity index (χ1n) is 8.87. The molecule has 128 valence electrons. The van der Waals surface area contributed by atoms with E-state index in [-0.39, 0.29) is 0 Å². The third-order valence-electron chi connectivity index (χ3n) is 4.56. The van der Waals surface area contributed by atoms with E-state index in [4.69, 9.17) is 15.1 Å². The van der Waals surface area contributed by atoms with Crippen LogP contribution in [-0.4, -0.2) is 19.7 Å². The number of hydrogen-bond donors (Lipinski definition) is 0. The minimum absolute atomic E-state index is 0.552. The van der Waals surface area contributed by atoms with Crippen LogP contribution in [0.2, 0.25) is 0 Å². The lowest BCUT2D eigenvalue weighted by atomic mass is 10.2. The Morgan fingerprint density at radius 2 is 1.69 bits per heavy atom. The Hall–Kier alpha value is -2.66. The smallest absolute Gasteiger partial charge is 0.209 e. The third-order valence-corrected chi connectivity index (χ3v) is 5.43. The van der Waals surface area contributed by atoms with E-state index in [1.807, 2.05) is 35.0 Å². The average molecular weight is 358 g/mol. The first kappa shape index (κ1) is 15.6. The molecule has 1 saturated carbocycles. The molecule has 1 fully saturated rings. The van der Waals surface area contributed by atoms with Gasteiger partial charge >= 0.3 is 0 Å². The minimum Gasteiger partial charge on any atom is -0.252 e. The predicted octanol–water partition coefficient (Wildman–Crippen LogP) is 4.99. The van der Waals surface area contributed by atoms with Crippen LogP contribution in [0.15, 0.2) is 71.9 Å². The molecular weight excluding hydrogens is 340 g/mol. The van der Waals surface area contributed by atoms with Crippen LogP contribution in [-0.2, 0) is 5.75 Å². The molecule has 2 aromatic carbocycles. The first-order chi connectivity index (χ1) is 12.9. The van der Waals surface area contributed by atoms with Gasteiger partial charge in [-0.15, -0.1) is 5.10 Å². The van der Waals surface area contributed by atoms with Crippen LogP contribution in [0.3, 0.4) is 0 Å². The summed E-state index contributed by atoms with van der Waals surface area (Å²) in [7, 11) is 0. The number of aromatic nitrogens is 4. The molecule has 1 aliphatic rings. The molecule has 0 aliphatic heterocycles. The summed E-state index contributed by atoms with van der Waals surface area (Å²) in [5, 5.41) is 6.75. The Bertz CT molecular complexity index is 1050. The van der Waals surface area contributed by atoms with Crippen LogP contribution >= 0.6 is 11.8 Å². The van der Waals surface area contributed by atoms with Gasteiger partial charge < -0.3 is 0 Å². The highest BCUT2D eigenvalue weighted by Gasteiger charge is 2.30. The third kappa shape index (κ3) is 3.10. The molecule has 2 heterocycles. The van der Waals surface area contributed by atoms with Crippen LogP contribution < -0.4 is 0 Å². The lowest BCUT2D eigenvalue weighted by Crippen LogP contribution is -2.01. The molecule has 1 aliphatic carbocycles. The number of thioether (sulfide) groups is 1. The fourth-order valence-electron chi connectivity index (χ4n) is 3.06. The van der Waals surface area contributed by atoms with Crippen LogP contribution in [0.5, 0.6) is 0 Å². The van der Waals surface area contributed by atoms with Crippen molar-refractivity contribution in [1.82, 2.24) is 19.7 Å². The van der Waals surface area contributed by atoms with Crippen molar-refractivity contribution >= 4 is 22.7 Å². The second-order valence-corrected chi connectivity index (χ2v) is 7.50. The van der Waals surface area contributed by atoms with Crippen molar-refractivity contribution in [2.45, 2.75) is 29.7 Å². The summed E-state index contributed by atoms with van der Waals surface area (Å²) < 4.78 is 2.01. The van der Waals surface area contributed by atoms with Crippen molar-refractivity contribution in [3.8, 4) is 5.69 Å². The molecule has 0 N–H and O–H groups in total. The highest BCUT2D eigenvalue weighted by atomic mass is 32.2. The Labute approximate surface area is 156 Å². The van der Waals surface area contributed by atoms with Gasteiger partial charge in [-0.3, -0.25) is 4.98 Å². The van der Waals surface area contributed by atoms with Gasteiger partial charge in [0.2, 0.25) is 5.16 Å². The van der Waals surface area contributed by atoms with Gasteiger partial charge in [-0.1, -0.05) is 54.2 Å². The van der Waals surface area contributed by atoms with Crippen LogP contribution in [0.25, 0.3) is 16.6 Å². The lowest BCUT2D eigenvalue weighted by molar-refractivity contribution is 0.782. The molecule has 26 heavy (non-hydrogen) atoms.